The summed E-state index contributed by atoms with van der Waals surface area (Å²) in [5.41, 5.74) is 0.918. The van der Waals surface area contributed by atoms with E-state index in [0.717, 1.165) is 10.6 Å². The van der Waals surface area contributed by atoms with Gasteiger partial charge in [-0.2, -0.15) is 0 Å². The lowest BCUT2D eigenvalue weighted by molar-refractivity contribution is -0.122. The minimum atomic E-state index is -3.78. The molecule has 0 fully saturated rings. The van der Waals surface area contributed by atoms with Gasteiger partial charge in [-0.15, -0.1) is 0 Å². The van der Waals surface area contributed by atoms with E-state index in [4.69, 9.17) is 23.2 Å². The van der Waals surface area contributed by atoms with E-state index in [-0.39, 0.29) is 21.5 Å². The van der Waals surface area contributed by atoms with E-state index >= 15 is 0 Å². The van der Waals surface area contributed by atoms with Crippen LogP contribution in [-0.4, -0.2) is 26.6 Å². The number of rotatable bonds is 6. The van der Waals surface area contributed by atoms with Crippen molar-refractivity contribution in [3.8, 4) is 0 Å². The SMILES string of the molecule is C[C@H](NC(=O)[C@H](C)N(c1ccc(Cl)c(Cl)c1)S(C)(=O)=O)c1ccc(F)cc1. The zero-order valence-corrected chi connectivity index (χ0v) is 17.2. The first kappa shape index (κ1) is 21.5. The maximum atomic E-state index is 13.0. The second-order valence-electron chi connectivity index (χ2n) is 6.12. The second-order valence-corrected chi connectivity index (χ2v) is 8.79. The van der Waals surface area contributed by atoms with Crippen LogP contribution in [0.15, 0.2) is 42.5 Å². The summed E-state index contributed by atoms with van der Waals surface area (Å²) in [6.07, 6.45) is 1.00. The Kier molecular flexibility index (Phi) is 6.72. The number of amides is 1. The first-order valence-electron chi connectivity index (χ1n) is 8.01. The van der Waals surface area contributed by atoms with Crippen molar-refractivity contribution in [3.63, 3.8) is 0 Å². The van der Waals surface area contributed by atoms with Gasteiger partial charge < -0.3 is 5.32 Å². The predicted octanol–water partition coefficient (Wildman–Crippen LogP) is 4.16. The van der Waals surface area contributed by atoms with Crippen molar-refractivity contribution < 1.29 is 17.6 Å². The zero-order chi connectivity index (χ0) is 20.4. The molecule has 5 nitrogen and oxygen atoms in total. The number of carbonyl (C=O) groups excluding carboxylic acids is 1. The molecule has 1 N–H and O–H groups in total. The molecule has 0 bridgehead atoms. The van der Waals surface area contributed by atoms with Crippen molar-refractivity contribution in [1.29, 1.82) is 0 Å². The highest BCUT2D eigenvalue weighted by atomic mass is 35.5. The number of halogens is 3. The van der Waals surface area contributed by atoms with E-state index in [1.54, 1.807) is 19.1 Å². The Morgan fingerprint density at radius 2 is 1.67 bits per heavy atom. The van der Waals surface area contributed by atoms with Crippen LogP contribution in [-0.2, 0) is 14.8 Å². The van der Waals surface area contributed by atoms with Crippen LogP contribution in [0.4, 0.5) is 10.1 Å². The van der Waals surface area contributed by atoms with Crippen molar-refractivity contribution in [2.24, 2.45) is 0 Å². The Labute approximate surface area is 168 Å². The molecule has 0 spiro atoms. The third kappa shape index (κ3) is 5.34. The molecule has 2 rings (SSSR count). The van der Waals surface area contributed by atoms with Gasteiger partial charge in [0.25, 0.3) is 0 Å². The number of nitrogens with zero attached hydrogens (tertiary/aromatic N) is 1. The number of anilines is 1. The summed E-state index contributed by atoms with van der Waals surface area (Å²) in [7, 11) is -3.78. The Balaban J connectivity index is 2.26. The maximum Gasteiger partial charge on any atom is 0.244 e. The predicted molar refractivity (Wildman–Crippen MR) is 106 cm³/mol. The van der Waals surface area contributed by atoms with E-state index in [9.17, 15) is 17.6 Å². The maximum absolute atomic E-state index is 13.0. The molecular formula is C18H19Cl2FN2O3S. The van der Waals surface area contributed by atoms with Crippen LogP contribution in [0.2, 0.25) is 10.0 Å². The molecule has 0 saturated heterocycles. The largest absolute Gasteiger partial charge is 0.348 e. The van der Waals surface area contributed by atoms with Crippen molar-refractivity contribution in [2.45, 2.75) is 25.9 Å². The summed E-state index contributed by atoms with van der Waals surface area (Å²) in [6.45, 7) is 3.19. The van der Waals surface area contributed by atoms with E-state index in [0.29, 0.717) is 5.56 Å². The van der Waals surface area contributed by atoms with Gasteiger partial charge in [0.05, 0.1) is 28.0 Å². The van der Waals surface area contributed by atoms with Crippen LogP contribution in [0.5, 0.6) is 0 Å². The van der Waals surface area contributed by atoms with Crippen LogP contribution < -0.4 is 9.62 Å². The highest BCUT2D eigenvalue weighted by Gasteiger charge is 2.30. The van der Waals surface area contributed by atoms with Gasteiger partial charge in [0, 0.05) is 0 Å². The number of hydrogen-bond acceptors (Lipinski definition) is 3. The number of nitrogens with one attached hydrogen (secondary N) is 1. The lowest BCUT2D eigenvalue weighted by Gasteiger charge is -2.29. The van der Waals surface area contributed by atoms with Gasteiger partial charge in [0.15, 0.2) is 0 Å². The van der Waals surface area contributed by atoms with Gasteiger partial charge in [-0.1, -0.05) is 35.3 Å². The summed E-state index contributed by atoms with van der Waals surface area (Å²) >= 11 is 11.9. The molecule has 9 heteroatoms. The third-order valence-corrected chi connectivity index (χ3v) is 5.96. The molecule has 27 heavy (non-hydrogen) atoms. The smallest absolute Gasteiger partial charge is 0.244 e. The van der Waals surface area contributed by atoms with E-state index in [1.807, 2.05) is 0 Å². The summed E-state index contributed by atoms with van der Waals surface area (Å²) in [5.74, 6) is -0.892. The van der Waals surface area contributed by atoms with Crippen LogP contribution in [0, 0.1) is 5.82 Å². The molecule has 2 aromatic carbocycles. The van der Waals surface area contributed by atoms with E-state index in [2.05, 4.69) is 5.32 Å². The fourth-order valence-electron chi connectivity index (χ4n) is 2.60. The number of benzene rings is 2. The summed E-state index contributed by atoms with van der Waals surface area (Å²) in [4.78, 5) is 12.7. The first-order valence-corrected chi connectivity index (χ1v) is 10.6. The Morgan fingerprint density at radius 1 is 1.07 bits per heavy atom. The topological polar surface area (TPSA) is 66.5 Å². The molecule has 146 valence electrons. The molecule has 0 radical (unpaired) electrons. The summed E-state index contributed by atoms with van der Waals surface area (Å²) < 4.78 is 38.6. The van der Waals surface area contributed by atoms with Gasteiger partial charge in [-0.05, 0) is 49.7 Å². The average molecular weight is 433 g/mol. The molecule has 1 amide bonds. The Hall–Kier alpha value is -1.83. The van der Waals surface area contributed by atoms with Crippen molar-refractivity contribution >= 4 is 44.8 Å². The minimum Gasteiger partial charge on any atom is -0.348 e. The molecule has 0 saturated carbocycles. The standard InChI is InChI=1S/C18H19Cl2FN2O3S/c1-11(13-4-6-14(21)7-5-13)22-18(24)12(2)23(27(3,25)26)15-8-9-16(19)17(20)10-15/h4-12H,1-3H3,(H,22,24)/t11-,12-/m0/s1. The molecule has 0 aromatic heterocycles. The fourth-order valence-corrected chi connectivity index (χ4v) is 4.06. The highest BCUT2D eigenvalue weighted by Crippen LogP contribution is 2.29. The lowest BCUT2D eigenvalue weighted by atomic mass is 10.1. The Morgan fingerprint density at radius 3 is 2.19 bits per heavy atom. The quantitative estimate of drug-likeness (QED) is 0.744. The highest BCUT2D eigenvalue weighted by molar-refractivity contribution is 7.92. The second kappa shape index (κ2) is 8.46. The van der Waals surface area contributed by atoms with Crippen LogP contribution in [0.3, 0.4) is 0 Å². The molecule has 0 unspecified atom stereocenters. The molecular weight excluding hydrogens is 414 g/mol. The van der Waals surface area contributed by atoms with E-state index in [1.165, 1.54) is 37.3 Å². The number of sulfonamides is 1. The first-order chi connectivity index (χ1) is 12.5. The van der Waals surface area contributed by atoms with Crippen molar-refractivity contribution in [3.05, 3.63) is 63.9 Å². The zero-order valence-electron chi connectivity index (χ0n) is 14.9. The average Bonchev–Trinajstić information content (AvgIpc) is 2.57. The van der Waals surface area contributed by atoms with Crippen molar-refractivity contribution in [2.75, 3.05) is 10.6 Å². The molecule has 0 aliphatic heterocycles. The molecule has 0 aliphatic rings. The summed E-state index contributed by atoms with van der Waals surface area (Å²) in [6, 6.07) is 8.54. The van der Waals surface area contributed by atoms with Gasteiger partial charge in [-0.25, -0.2) is 12.8 Å². The monoisotopic (exact) mass is 432 g/mol. The van der Waals surface area contributed by atoms with Gasteiger partial charge in [0.1, 0.15) is 11.9 Å². The number of carbonyl (C=O) groups is 1. The number of hydrogen-bond donors (Lipinski definition) is 1. The molecule has 0 aliphatic carbocycles. The van der Waals surface area contributed by atoms with Gasteiger partial charge >= 0.3 is 0 Å². The molecule has 2 aromatic rings. The lowest BCUT2D eigenvalue weighted by Crippen LogP contribution is -2.48. The van der Waals surface area contributed by atoms with Gasteiger partial charge in [-0.3, -0.25) is 9.10 Å². The molecule has 0 heterocycles. The molecule has 2 atom stereocenters. The van der Waals surface area contributed by atoms with Crippen LogP contribution in [0.1, 0.15) is 25.5 Å². The fraction of sp³-hybridized carbons (Fsp3) is 0.278. The van der Waals surface area contributed by atoms with Crippen LogP contribution >= 0.6 is 23.2 Å². The Bertz CT molecular complexity index is 936. The van der Waals surface area contributed by atoms with Crippen molar-refractivity contribution in [1.82, 2.24) is 5.32 Å². The van der Waals surface area contributed by atoms with Crippen LogP contribution in [0.25, 0.3) is 0 Å². The van der Waals surface area contributed by atoms with E-state index < -0.39 is 28.0 Å². The third-order valence-electron chi connectivity index (χ3n) is 3.97. The minimum absolute atomic E-state index is 0.176. The van der Waals surface area contributed by atoms with Gasteiger partial charge in [0.2, 0.25) is 15.9 Å². The normalized spacial score (nSPS) is 13.7. The summed E-state index contributed by atoms with van der Waals surface area (Å²) in [5, 5.41) is 3.19.